The van der Waals surface area contributed by atoms with Crippen LogP contribution in [0.2, 0.25) is 0 Å². The molecule has 0 N–H and O–H groups in total. The quantitative estimate of drug-likeness (QED) is 0.798. The van der Waals surface area contributed by atoms with E-state index in [2.05, 4.69) is 23.5 Å². The van der Waals surface area contributed by atoms with Gasteiger partial charge < -0.3 is 4.90 Å². The number of nitrogens with zero attached hydrogens (tertiary/aromatic N) is 3. The van der Waals surface area contributed by atoms with Gasteiger partial charge in [-0.3, -0.25) is 9.48 Å². The molecule has 0 spiro atoms. The lowest BCUT2D eigenvalue weighted by Gasteiger charge is -2.32. The van der Waals surface area contributed by atoms with Gasteiger partial charge in [-0.1, -0.05) is 0 Å². The van der Waals surface area contributed by atoms with Gasteiger partial charge in [0.2, 0.25) is 5.91 Å². The smallest absolute Gasteiger partial charge is 0.247 e. The highest BCUT2D eigenvalue weighted by atomic mass is 32.1. The van der Waals surface area contributed by atoms with Gasteiger partial charge in [0.25, 0.3) is 0 Å². The van der Waals surface area contributed by atoms with Gasteiger partial charge in [-0.2, -0.15) is 5.10 Å². The van der Waals surface area contributed by atoms with Gasteiger partial charge in [-0.05, 0) is 50.3 Å². The highest BCUT2D eigenvalue weighted by Gasteiger charge is 2.27. The van der Waals surface area contributed by atoms with E-state index in [9.17, 15) is 4.79 Å². The highest BCUT2D eigenvalue weighted by Crippen LogP contribution is 2.32. The average molecular weight is 315 g/mol. The lowest BCUT2D eigenvalue weighted by Crippen LogP contribution is -2.37. The first-order valence-electron chi connectivity index (χ1n) is 7.54. The summed E-state index contributed by atoms with van der Waals surface area (Å²) in [6.45, 7) is 6.89. The highest BCUT2D eigenvalue weighted by molar-refractivity contribution is 7.10. The number of carbonyl (C=O) groups is 1. The standard InChI is InChI=1S/C17H21N3OS/c1-11-14(12(2)19(4)18-11)5-6-17(21)20-9-7-16-15(13(20)3)8-10-22-16/h5-6,8,10,13H,7,9H2,1-4H3/b6-5-/t13-/m0/s1. The number of aryl methyl sites for hydroxylation is 2. The minimum absolute atomic E-state index is 0.0759. The second kappa shape index (κ2) is 5.72. The molecule has 0 aromatic carbocycles. The third-order valence-corrected chi connectivity index (χ3v) is 5.51. The molecule has 0 fully saturated rings. The molecular formula is C17H21N3OS. The number of carbonyl (C=O) groups excluding carboxylic acids is 1. The van der Waals surface area contributed by atoms with E-state index in [0.29, 0.717) is 0 Å². The van der Waals surface area contributed by atoms with Crippen LogP contribution in [0.25, 0.3) is 6.08 Å². The Bertz CT molecular complexity index is 741. The van der Waals surface area contributed by atoms with Crippen LogP contribution in [-0.4, -0.2) is 27.1 Å². The fraction of sp³-hybridized carbons (Fsp3) is 0.412. The first-order valence-corrected chi connectivity index (χ1v) is 8.42. The summed E-state index contributed by atoms with van der Waals surface area (Å²) in [6, 6.07) is 2.30. The summed E-state index contributed by atoms with van der Waals surface area (Å²) < 4.78 is 1.85. The van der Waals surface area contributed by atoms with Crippen molar-refractivity contribution in [2.24, 2.45) is 7.05 Å². The Morgan fingerprint density at radius 3 is 2.91 bits per heavy atom. The summed E-state index contributed by atoms with van der Waals surface area (Å²) in [5, 5.41) is 6.50. The normalized spacial score (nSPS) is 18.0. The van der Waals surface area contributed by atoms with Crippen molar-refractivity contribution < 1.29 is 4.79 Å². The predicted molar refractivity (Wildman–Crippen MR) is 89.9 cm³/mol. The van der Waals surface area contributed by atoms with Crippen LogP contribution in [0.1, 0.15) is 40.4 Å². The van der Waals surface area contributed by atoms with E-state index in [-0.39, 0.29) is 11.9 Å². The lowest BCUT2D eigenvalue weighted by atomic mass is 10.0. The second-order valence-corrected chi connectivity index (χ2v) is 6.80. The number of rotatable bonds is 2. The van der Waals surface area contributed by atoms with Crippen molar-refractivity contribution in [1.29, 1.82) is 0 Å². The predicted octanol–water partition coefficient (Wildman–Crippen LogP) is 3.26. The molecule has 1 atom stereocenters. The molecule has 1 aliphatic rings. The number of hydrogen-bond donors (Lipinski definition) is 0. The Kier molecular flexibility index (Phi) is 3.91. The largest absolute Gasteiger partial charge is 0.332 e. The Morgan fingerprint density at radius 1 is 1.45 bits per heavy atom. The number of thiophene rings is 1. The summed E-state index contributed by atoms with van der Waals surface area (Å²) in [5.74, 6) is 0.0759. The van der Waals surface area contributed by atoms with Gasteiger partial charge in [0, 0.05) is 35.8 Å². The number of amides is 1. The minimum atomic E-state index is 0.0759. The molecule has 3 heterocycles. The summed E-state index contributed by atoms with van der Waals surface area (Å²) in [6.07, 6.45) is 4.54. The fourth-order valence-corrected chi connectivity index (χ4v) is 4.05. The van der Waals surface area contributed by atoms with Crippen molar-refractivity contribution in [3.63, 3.8) is 0 Å². The second-order valence-electron chi connectivity index (χ2n) is 5.80. The maximum Gasteiger partial charge on any atom is 0.247 e. The Morgan fingerprint density at radius 2 is 2.23 bits per heavy atom. The van der Waals surface area contributed by atoms with Crippen LogP contribution >= 0.6 is 11.3 Å². The van der Waals surface area contributed by atoms with Crippen molar-refractivity contribution in [2.45, 2.75) is 33.2 Å². The van der Waals surface area contributed by atoms with E-state index in [0.717, 1.165) is 29.9 Å². The van der Waals surface area contributed by atoms with E-state index >= 15 is 0 Å². The van der Waals surface area contributed by atoms with E-state index in [1.165, 1.54) is 10.4 Å². The summed E-state index contributed by atoms with van der Waals surface area (Å²) in [7, 11) is 1.92. The molecule has 5 heteroatoms. The lowest BCUT2D eigenvalue weighted by molar-refractivity contribution is -0.128. The Balaban J connectivity index is 1.79. The molecule has 0 bridgehead atoms. The molecular weight excluding hydrogens is 294 g/mol. The van der Waals surface area contributed by atoms with Crippen molar-refractivity contribution >= 4 is 23.3 Å². The minimum Gasteiger partial charge on any atom is -0.332 e. The van der Waals surface area contributed by atoms with Crippen LogP contribution in [0.5, 0.6) is 0 Å². The monoisotopic (exact) mass is 315 g/mol. The molecule has 0 saturated heterocycles. The van der Waals surface area contributed by atoms with Gasteiger partial charge in [0.1, 0.15) is 0 Å². The molecule has 116 valence electrons. The molecule has 4 nitrogen and oxygen atoms in total. The fourth-order valence-electron chi connectivity index (χ4n) is 3.09. The zero-order valence-electron chi connectivity index (χ0n) is 13.5. The zero-order valence-corrected chi connectivity index (χ0v) is 14.3. The van der Waals surface area contributed by atoms with Crippen molar-refractivity contribution in [3.05, 3.63) is 44.9 Å². The third-order valence-electron chi connectivity index (χ3n) is 4.52. The summed E-state index contributed by atoms with van der Waals surface area (Å²) in [5.41, 5.74) is 4.37. The summed E-state index contributed by atoms with van der Waals surface area (Å²) >= 11 is 1.79. The van der Waals surface area contributed by atoms with E-state index in [1.807, 2.05) is 36.6 Å². The molecule has 3 rings (SSSR count). The van der Waals surface area contributed by atoms with Crippen molar-refractivity contribution in [3.8, 4) is 0 Å². The molecule has 0 unspecified atom stereocenters. The van der Waals surface area contributed by atoms with Crippen LogP contribution < -0.4 is 0 Å². The Hall–Kier alpha value is -1.88. The van der Waals surface area contributed by atoms with Gasteiger partial charge in [0.05, 0.1) is 11.7 Å². The van der Waals surface area contributed by atoms with Gasteiger partial charge >= 0.3 is 0 Å². The van der Waals surface area contributed by atoms with Crippen molar-refractivity contribution in [1.82, 2.24) is 14.7 Å². The molecule has 22 heavy (non-hydrogen) atoms. The maximum atomic E-state index is 12.6. The molecule has 0 radical (unpaired) electrons. The zero-order chi connectivity index (χ0) is 15.9. The van der Waals surface area contributed by atoms with Crippen LogP contribution in [0.4, 0.5) is 0 Å². The maximum absolute atomic E-state index is 12.6. The molecule has 2 aromatic rings. The van der Waals surface area contributed by atoms with Crippen LogP contribution in [0.15, 0.2) is 17.5 Å². The molecule has 0 aliphatic carbocycles. The van der Waals surface area contributed by atoms with Crippen LogP contribution in [0, 0.1) is 13.8 Å². The Labute approximate surface area is 135 Å². The molecule has 2 aromatic heterocycles. The number of aromatic nitrogens is 2. The first kappa shape index (κ1) is 15.0. The van der Waals surface area contributed by atoms with E-state index in [4.69, 9.17) is 0 Å². The topological polar surface area (TPSA) is 38.1 Å². The molecule has 1 amide bonds. The molecule has 1 aliphatic heterocycles. The number of fused-ring (bicyclic) bond motifs is 1. The molecule has 0 saturated carbocycles. The van der Waals surface area contributed by atoms with E-state index < -0.39 is 0 Å². The van der Waals surface area contributed by atoms with Gasteiger partial charge in [-0.25, -0.2) is 0 Å². The van der Waals surface area contributed by atoms with Crippen LogP contribution in [-0.2, 0) is 18.3 Å². The van der Waals surface area contributed by atoms with Gasteiger partial charge in [0.15, 0.2) is 0 Å². The van der Waals surface area contributed by atoms with Crippen LogP contribution in [0.3, 0.4) is 0 Å². The number of hydrogen-bond acceptors (Lipinski definition) is 3. The SMILES string of the molecule is Cc1nn(C)c(C)c1/C=C\C(=O)N1CCc2sccc2[C@@H]1C. The van der Waals surface area contributed by atoms with Crippen molar-refractivity contribution in [2.75, 3.05) is 6.54 Å². The average Bonchev–Trinajstić information content (AvgIpc) is 3.04. The third kappa shape index (κ3) is 2.50. The van der Waals surface area contributed by atoms with E-state index in [1.54, 1.807) is 17.4 Å². The first-order chi connectivity index (χ1) is 10.5. The summed E-state index contributed by atoms with van der Waals surface area (Å²) in [4.78, 5) is 15.9. The van der Waals surface area contributed by atoms with Gasteiger partial charge in [-0.15, -0.1) is 11.3 Å².